The van der Waals surface area contributed by atoms with Gasteiger partial charge in [-0.25, -0.2) is 0 Å². The highest BCUT2D eigenvalue weighted by Crippen LogP contribution is 2.11. The lowest BCUT2D eigenvalue weighted by Crippen LogP contribution is -2.39. The normalized spacial score (nSPS) is 12.4. The Labute approximate surface area is 126 Å². The van der Waals surface area contributed by atoms with Crippen LogP contribution in [0, 0.1) is 5.92 Å². The van der Waals surface area contributed by atoms with Gasteiger partial charge < -0.3 is 10.1 Å². The van der Waals surface area contributed by atoms with Crippen LogP contribution in [0.1, 0.15) is 25.8 Å². The lowest BCUT2D eigenvalue weighted by atomic mass is 10.0. The SMILES string of the molecule is COC(=O)[C@H](CC(C)C)NCCSCc1ccccc1. The van der Waals surface area contributed by atoms with Crippen LogP contribution in [-0.4, -0.2) is 31.4 Å². The average molecular weight is 295 g/mol. The minimum Gasteiger partial charge on any atom is -0.468 e. The number of ether oxygens (including phenoxy) is 1. The highest BCUT2D eigenvalue weighted by atomic mass is 32.2. The van der Waals surface area contributed by atoms with Crippen molar-refractivity contribution < 1.29 is 9.53 Å². The third kappa shape index (κ3) is 6.96. The van der Waals surface area contributed by atoms with Gasteiger partial charge in [0.25, 0.3) is 0 Å². The van der Waals surface area contributed by atoms with Crippen molar-refractivity contribution in [3.05, 3.63) is 35.9 Å². The first kappa shape index (κ1) is 17.1. The van der Waals surface area contributed by atoms with Crippen molar-refractivity contribution in [2.75, 3.05) is 19.4 Å². The van der Waals surface area contributed by atoms with Crippen molar-refractivity contribution in [3.63, 3.8) is 0 Å². The summed E-state index contributed by atoms with van der Waals surface area (Å²) in [6.45, 7) is 5.05. The van der Waals surface area contributed by atoms with Gasteiger partial charge in [-0.1, -0.05) is 44.2 Å². The summed E-state index contributed by atoms with van der Waals surface area (Å²) < 4.78 is 4.83. The lowest BCUT2D eigenvalue weighted by Gasteiger charge is -2.18. The molecule has 1 aromatic rings. The van der Waals surface area contributed by atoms with Gasteiger partial charge in [0.05, 0.1) is 7.11 Å². The van der Waals surface area contributed by atoms with Gasteiger partial charge >= 0.3 is 5.97 Å². The summed E-state index contributed by atoms with van der Waals surface area (Å²) in [4.78, 5) is 11.6. The van der Waals surface area contributed by atoms with Gasteiger partial charge in [0.15, 0.2) is 0 Å². The van der Waals surface area contributed by atoms with Crippen LogP contribution in [-0.2, 0) is 15.3 Å². The molecule has 1 aromatic carbocycles. The van der Waals surface area contributed by atoms with Crippen molar-refractivity contribution in [1.29, 1.82) is 0 Å². The van der Waals surface area contributed by atoms with E-state index < -0.39 is 0 Å². The van der Waals surface area contributed by atoms with Crippen molar-refractivity contribution in [2.45, 2.75) is 32.1 Å². The van der Waals surface area contributed by atoms with Gasteiger partial charge in [-0.2, -0.15) is 11.8 Å². The maximum atomic E-state index is 11.6. The van der Waals surface area contributed by atoms with E-state index in [0.717, 1.165) is 24.5 Å². The largest absolute Gasteiger partial charge is 0.468 e. The van der Waals surface area contributed by atoms with Crippen LogP contribution in [0.5, 0.6) is 0 Å². The van der Waals surface area contributed by atoms with Gasteiger partial charge in [0.1, 0.15) is 6.04 Å². The number of thioether (sulfide) groups is 1. The topological polar surface area (TPSA) is 38.3 Å². The molecular weight excluding hydrogens is 270 g/mol. The molecule has 1 atom stereocenters. The first-order valence-electron chi connectivity index (χ1n) is 7.06. The van der Waals surface area contributed by atoms with Crippen molar-refractivity contribution >= 4 is 17.7 Å². The fourth-order valence-electron chi connectivity index (χ4n) is 1.95. The van der Waals surface area contributed by atoms with E-state index >= 15 is 0 Å². The number of hydrogen-bond donors (Lipinski definition) is 1. The monoisotopic (exact) mass is 295 g/mol. The van der Waals surface area contributed by atoms with E-state index in [0.29, 0.717) is 5.92 Å². The molecule has 0 amide bonds. The summed E-state index contributed by atoms with van der Waals surface area (Å²) in [5.41, 5.74) is 1.34. The van der Waals surface area contributed by atoms with E-state index in [1.54, 1.807) is 0 Å². The highest BCUT2D eigenvalue weighted by molar-refractivity contribution is 7.98. The molecule has 1 N–H and O–H groups in total. The van der Waals surface area contributed by atoms with Crippen LogP contribution in [0.15, 0.2) is 30.3 Å². The number of nitrogens with one attached hydrogen (secondary N) is 1. The second-order valence-electron chi connectivity index (χ2n) is 5.20. The zero-order chi connectivity index (χ0) is 14.8. The van der Waals surface area contributed by atoms with E-state index in [9.17, 15) is 4.79 Å². The summed E-state index contributed by atoms with van der Waals surface area (Å²) in [7, 11) is 1.45. The fraction of sp³-hybridized carbons (Fsp3) is 0.562. The number of esters is 1. The van der Waals surface area contributed by atoms with Crippen molar-refractivity contribution in [1.82, 2.24) is 5.32 Å². The molecule has 0 saturated carbocycles. The Bertz CT molecular complexity index is 381. The van der Waals surface area contributed by atoms with Crippen LogP contribution in [0.4, 0.5) is 0 Å². The molecule has 0 aliphatic rings. The molecule has 4 heteroatoms. The molecule has 1 rings (SSSR count). The molecular formula is C16H25NO2S. The van der Waals surface area contributed by atoms with Gasteiger partial charge in [0, 0.05) is 18.1 Å². The third-order valence-corrected chi connectivity index (χ3v) is 3.97. The predicted molar refractivity (Wildman–Crippen MR) is 85.9 cm³/mol. The van der Waals surface area contributed by atoms with Crippen LogP contribution in [0.2, 0.25) is 0 Å². The standard InChI is InChI=1S/C16H25NO2S/c1-13(2)11-15(16(18)19-3)17-9-10-20-12-14-7-5-4-6-8-14/h4-8,13,15,17H,9-12H2,1-3H3/t15-/m0/s1. The van der Waals surface area contributed by atoms with E-state index in [-0.39, 0.29) is 12.0 Å². The van der Waals surface area contributed by atoms with E-state index in [1.807, 2.05) is 17.8 Å². The Morgan fingerprint density at radius 3 is 2.60 bits per heavy atom. The summed E-state index contributed by atoms with van der Waals surface area (Å²) in [5, 5.41) is 3.29. The number of methoxy groups -OCH3 is 1. The number of carbonyl (C=O) groups excluding carboxylic acids is 1. The minimum absolute atomic E-state index is 0.160. The zero-order valence-corrected chi connectivity index (χ0v) is 13.4. The maximum Gasteiger partial charge on any atom is 0.322 e. The Kier molecular flexibility index (Phi) is 8.38. The molecule has 0 saturated heterocycles. The number of benzene rings is 1. The molecule has 0 bridgehead atoms. The molecule has 20 heavy (non-hydrogen) atoms. The van der Waals surface area contributed by atoms with E-state index in [4.69, 9.17) is 4.74 Å². The average Bonchev–Trinajstić information content (AvgIpc) is 2.45. The summed E-state index contributed by atoms with van der Waals surface area (Å²) in [6.07, 6.45) is 0.816. The summed E-state index contributed by atoms with van der Waals surface area (Å²) in [6, 6.07) is 10.2. The van der Waals surface area contributed by atoms with Crippen molar-refractivity contribution in [2.24, 2.45) is 5.92 Å². The Morgan fingerprint density at radius 1 is 1.30 bits per heavy atom. The summed E-state index contributed by atoms with van der Waals surface area (Å²) in [5.74, 6) is 2.31. The molecule has 3 nitrogen and oxygen atoms in total. The zero-order valence-electron chi connectivity index (χ0n) is 12.6. The van der Waals surface area contributed by atoms with Gasteiger partial charge in [-0.15, -0.1) is 0 Å². The quantitative estimate of drug-likeness (QED) is 0.561. The number of carbonyl (C=O) groups is 1. The van der Waals surface area contributed by atoms with E-state index in [2.05, 4.69) is 43.4 Å². The van der Waals surface area contributed by atoms with Crippen LogP contribution < -0.4 is 5.32 Å². The third-order valence-electron chi connectivity index (χ3n) is 2.94. The van der Waals surface area contributed by atoms with Gasteiger partial charge in [0.2, 0.25) is 0 Å². The summed E-state index contributed by atoms with van der Waals surface area (Å²) >= 11 is 1.87. The van der Waals surface area contributed by atoms with Gasteiger partial charge in [-0.05, 0) is 17.9 Å². The molecule has 0 radical (unpaired) electrons. The second-order valence-corrected chi connectivity index (χ2v) is 6.30. The molecule has 0 aliphatic carbocycles. The molecule has 0 heterocycles. The fourth-order valence-corrected chi connectivity index (χ4v) is 2.78. The number of hydrogen-bond acceptors (Lipinski definition) is 4. The lowest BCUT2D eigenvalue weighted by molar-refractivity contribution is -0.143. The minimum atomic E-state index is -0.183. The molecule has 0 unspecified atom stereocenters. The van der Waals surface area contributed by atoms with Crippen LogP contribution in [0.25, 0.3) is 0 Å². The number of rotatable bonds is 9. The first-order chi connectivity index (χ1) is 9.63. The van der Waals surface area contributed by atoms with Gasteiger partial charge in [-0.3, -0.25) is 4.79 Å². The molecule has 112 valence electrons. The first-order valence-corrected chi connectivity index (χ1v) is 8.21. The smallest absolute Gasteiger partial charge is 0.322 e. The van der Waals surface area contributed by atoms with Crippen molar-refractivity contribution in [3.8, 4) is 0 Å². The second kappa shape index (κ2) is 9.83. The molecule has 0 aliphatic heterocycles. The van der Waals surface area contributed by atoms with Crippen LogP contribution in [0.3, 0.4) is 0 Å². The van der Waals surface area contributed by atoms with E-state index in [1.165, 1.54) is 12.7 Å². The Balaban J connectivity index is 2.21. The van der Waals surface area contributed by atoms with Crippen LogP contribution >= 0.6 is 11.8 Å². The molecule has 0 aromatic heterocycles. The molecule has 0 fully saturated rings. The Morgan fingerprint density at radius 2 is 2.00 bits per heavy atom. The Hall–Kier alpha value is -1.00. The molecule has 0 spiro atoms. The predicted octanol–water partition coefficient (Wildman–Crippen LogP) is 3.10. The maximum absolute atomic E-state index is 11.6. The highest BCUT2D eigenvalue weighted by Gasteiger charge is 2.19.